The third kappa shape index (κ3) is 1.92. The van der Waals surface area contributed by atoms with Gasteiger partial charge in [-0.1, -0.05) is 12.1 Å². The van der Waals surface area contributed by atoms with Crippen molar-refractivity contribution in [2.45, 2.75) is 18.8 Å². The number of hydrogen-bond acceptors (Lipinski definition) is 3. The van der Waals surface area contributed by atoms with Crippen molar-refractivity contribution in [2.75, 3.05) is 20.3 Å². The molecule has 3 heteroatoms. The zero-order valence-corrected chi connectivity index (χ0v) is 9.03. The Morgan fingerprint density at radius 1 is 1.53 bits per heavy atom. The molecule has 0 radical (unpaired) electrons. The van der Waals surface area contributed by atoms with Crippen molar-refractivity contribution in [2.24, 2.45) is 5.73 Å². The van der Waals surface area contributed by atoms with E-state index in [1.165, 1.54) is 5.56 Å². The second kappa shape index (κ2) is 4.53. The predicted octanol–water partition coefficient (Wildman–Crippen LogP) is 1.91. The normalized spacial score (nSPS) is 19.2. The summed E-state index contributed by atoms with van der Waals surface area (Å²) >= 11 is 0. The van der Waals surface area contributed by atoms with E-state index in [9.17, 15) is 0 Å². The largest absolute Gasteiger partial charge is 0.493 e. The number of methoxy groups -OCH3 is 1. The van der Waals surface area contributed by atoms with Crippen LogP contribution in [-0.4, -0.2) is 20.3 Å². The first-order valence-corrected chi connectivity index (χ1v) is 5.36. The molecule has 2 N–H and O–H groups in total. The molecule has 0 spiro atoms. The standard InChI is InChI=1S/C12H17NO2/c1-14-11-4-2-3-10-9(5-7-13)6-8-15-12(10)11/h2-4,9H,5-8,13H2,1H3. The molecule has 1 heterocycles. The van der Waals surface area contributed by atoms with E-state index in [0.717, 1.165) is 37.5 Å². The lowest BCUT2D eigenvalue weighted by atomic mass is 9.90. The third-order valence-corrected chi connectivity index (χ3v) is 2.90. The van der Waals surface area contributed by atoms with Gasteiger partial charge in [0, 0.05) is 5.56 Å². The maximum absolute atomic E-state index is 5.66. The van der Waals surface area contributed by atoms with Gasteiger partial charge in [0.15, 0.2) is 11.5 Å². The summed E-state index contributed by atoms with van der Waals surface area (Å²) in [6.07, 6.45) is 2.07. The maximum atomic E-state index is 5.66. The van der Waals surface area contributed by atoms with Crippen LogP contribution >= 0.6 is 0 Å². The van der Waals surface area contributed by atoms with Gasteiger partial charge in [0.2, 0.25) is 0 Å². The van der Waals surface area contributed by atoms with Crippen LogP contribution in [0.25, 0.3) is 0 Å². The van der Waals surface area contributed by atoms with Crippen molar-refractivity contribution in [3.8, 4) is 11.5 Å². The first-order valence-electron chi connectivity index (χ1n) is 5.36. The molecule has 82 valence electrons. The van der Waals surface area contributed by atoms with Crippen molar-refractivity contribution in [3.63, 3.8) is 0 Å². The van der Waals surface area contributed by atoms with E-state index in [2.05, 4.69) is 6.07 Å². The molecule has 0 bridgehead atoms. The summed E-state index contributed by atoms with van der Waals surface area (Å²) in [6.45, 7) is 1.49. The number of hydrogen-bond donors (Lipinski definition) is 1. The predicted molar refractivity (Wildman–Crippen MR) is 59.5 cm³/mol. The van der Waals surface area contributed by atoms with Gasteiger partial charge in [0.1, 0.15) is 0 Å². The number of rotatable bonds is 3. The fraction of sp³-hybridized carbons (Fsp3) is 0.500. The molecule has 15 heavy (non-hydrogen) atoms. The van der Waals surface area contributed by atoms with E-state index >= 15 is 0 Å². The van der Waals surface area contributed by atoms with Crippen LogP contribution in [0.5, 0.6) is 11.5 Å². The summed E-state index contributed by atoms with van der Waals surface area (Å²) in [4.78, 5) is 0. The molecule has 0 saturated carbocycles. The summed E-state index contributed by atoms with van der Waals surface area (Å²) in [6, 6.07) is 6.05. The van der Waals surface area contributed by atoms with Gasteiger partial charge < -0.3 is 15.2 Å². The Morgan fingerprint density at radius 2 is 2.40 bits per heavy atom. The fourth-order valence-electron chi connectivity index (χ4n) is 2.13. The lowest BCUT2D eigenvalue weighted by Crippen LogP contribution is -2.17. The van der Waals surface area contributed by atoms with E-state index in [1.807, 2.05) is 12.1 Å². The van der Waals surface area contributed by atoms with Crippen LogP contribution in [0, 0.1) is 0 Å². The lowest BCUT2D eigenvalue weighted by Gasteiger charge is -2.26. The van der Waals surface area contributed by atoms with Gasteiger partial charge >= 0.3 is 0 Å². The molecule has 3 nitrogen and oxygen atoms in total. The molecular weight excluding hydrogens is 190 g/mol. The SMILES string of the molecule is COc1cccc2c1OCCC2CCN. The molecule has 0 aromatic heterocycles. The second-order valence-electron chi connectivity index (χ2n) is 3.79. The molecule has 2 rings (SSSR count). The minimum absolute atomic E-state index is 0.522. The Bertz CT molecular complexity index is 338. The molecule has 1 aromatic carbocycles. The Balaban J connectivity index is 2.35. The molecule has 1 unspecified atom stereocenters. The zero-order chi connectivity index (χ0) is 10.7. The highest BCUT2D eigenvalue weighted by atomic mass is 16.5. The van der Waals surface area contributed by atoms with Crippen LogP contribution in [0.2, 0.25) is 0 Å². The maximum Gasteiger partial charge on any atom is 0.164 e. The molecule has 0 amide bonds. The van der Waals surface area contributed by atoms with Gasteiger partial charge in [-0.05, 0) is 31.4 Å². The smallest absolute Gasteiger partial charge is 0.164 e. The van der Waals surface area contributed by atoms with Crippen LogP contribution in [0.4, 0.5) is 0 Å². The molecule has 0 saturated heterocycles. The highest BCUT2D eigenvalue weighted by Gasteiger charge is 2.23. The van der Waals surface area contributed by atoms with E-state index in [0.29, 0.717) is 5.92 Å². The van der Waals surface area contributed by atoms with Crippen molar-refractivity contribution in [3.05, 3.63) is 23.8 Å². The van der Waals surface area contributed by atoms with Crippen molar-refractivity contribution in [1.82, 2.24) is 0 Å². The Morgan fingerprint density at radius 3 is 3.13 bits per heavy atom. The summed E-state index contributed by atoms with van der Waals surface area (Å²) in [5.74, 6) is 2.26. The molecular formula is C12H17NO2. The molecule has 1 aliphatic heterocycles. The fourth-order valence-corrected chi connectivity index (χ4v) is 2.13. The lowest BCUT2D eigenvalue weighted by molar-refractivity contribution is 0.249. The molecule has 1 atom stereocenters. The number of ether oxygens (including phenoxy) is 2. The highest BCUT2D eigenvalue weighted by molar-refractivity contribution is 5.49. The monoisotopic (exact) mass is 207 g/mol. The van der Waals surface area contributed by atoms with Crippen molar-refractivity contribution >= 4 is 0 Å². The van der Waals surface area contributed by atoms with Gasteiger partial charge in [-0.2, -0.15) is 0 Å². The molecule has 0 fully saturated rings. The Labute approximate surface area is 90.2 Å². The topological polar surface area (TPSA) is 44.5 Å². The summed E-state index contributed by atoms with van der Waals surface area (Å²) in [5, 5.41) is 0. The average molecular weight is 207 g/mol. The van der Waals surface area contributed by atoms with Crippen LogP contribution in [0.15, 0.2) is 18.2 Å². The number of para-hydroxylation sites is 1. The number of fused-ring (bicyclic) bond motifs is 1. The van der Waals surface area contributed by atoms with E-state index < -0.39 is 0 Å². The highest BCUT2D eigenvalue weighted by Crippen LogP contribution is 2.41. The van der Waals surface area contributed by atoms with Crippen LogP contribution in [-0.2, 0) is 0 Å². The van der Waals surface area contributed by atoms with E-state index in [1.54, 1.807) is 7.11 Å². The van der Waals surface area contributed by atoms with Crippen molar-refractivity contribution in [1.29, 1.82) is 0 Å². The van der Waals surface area contributed by atoms with E-state index in [4.69, 9.17) is 15.2 Å². The minimum Gasteiger partial charge on any atom is -0.493 e. The van der Waals surface area contributed by atoms with Gasteiger partial charge in [0.25, 0.3) is 0 Å². The molecule has 1 aliphatic rings. The molecule has 1 aromatic rings. The molecule has 0 aliphatic carbocycles. The third-order valence-electron chi connectivity index (χ3n) is 2.90. The minimum atomic E-state index is 0.522. The first-order chi connectivity index (χ1) is 7.36. The van der Waals surface area contributed by atoms with Gasteiger partial charge in [0.05, 0.1) is 13.7 Å². The average Bonchev–Trinajstić information content (AvgIpc) is 2.29. The zero-order valence-electron chi connectivity index (χ0n) is 9.03. The first kappa shape index (κ1) is 10.3. The summed E-state index contributed by atoms with van der Waals surface area (Å²) < 4.78 is 10.9. The van der Waals surface area contributed by atoms with Crippen LogP contribution < -0.4 is 15.2 Å². The quantitative estimate of drug-likeness (QED) is 0.823. The second-order valence-corrected chi connectivity index (χ2v) is 3.79. The van der Waals surface area contributed by atoms with E-state index in [-0.39, 0.29) is 0 Å². The number of benzene rings is 1. The van der Waals surface area contributed by atoms with Crippen LogP contribution in [0.1, 0.15) is 24.3 Å². The van der Waals surface area contributed by atoms with Crippen molar-refractivity contribution < 1.29 is 9.47 Å². The van der Waals surface area contributed by atoms with Gasteiger partial charge in [-0.15, -0.1) is 0 Å². The summed E-state index contributed by atoms with van der Waals surface area (Å²) in [5.41, 5.74) is 6.86. The Kier molecular flexibility index (Phi) is 3.11. The summed E-state index contributed by atoms with van der Waals surface area (Å²) in [7, 11) is 1.67. The van der Waals surface area contributed by atoms with Crippen LogP contribution in [0.3, 0.4) is 0 Å². The number of nitrogens with two attached hydrogens (primary N) is 1. The van der Waals surface area contributed by atoms with Gasteiger partial charge in [-0.3, -0.25) is 0 Å². The van der Waals surface area contributed by atoms with Gasteiger partial charge in [-0.25, -0.2) is 0 Å². The Hall–Kier alpha value is -1.22.